The molecule has 0 fully saturated rings. The van der Waals surface area contributed by atoms with Crippen LogP contribution in [0.2, 0.25) is 0 Å². The van der Waals surface area contributed by atoms with Crippen LogP contribution in [0.1, 0.15) is 34.3 Å². The van der Waals surface area contributed by atoms with Gasteiger partial charge < -0.3 is 10.2 Å². The number of hydrogen-bond acceptors (Lipinski definition) is 4. The van der Waals surface area contributed by atoms with Crippen LogP contribution in [0.5, 0.6) is 0 Å². The van der Waals surface area contributed by atoms with E-state index in [2.05, 4.69) is 10.3 Å². The lowest BCUT2D eigenvalue weighted by Gasteiger charge is -2.17. The fourth-order valence-electron chi connectivity index (χ4n) is 2.52. The molecule has 0 unspecified atom stereocenters. The number of carbonyl (C=O) groups excluding carboxylic acids is 2. The molecule has 0 spiro atoms. The van der Waals surface area contributed by atoms with E-state index in [0.717, 1.165) is 16.9 Å². The molecule has 7 heteroatoms. The maximum Gasteiger partial charge on any atom is 0.323 e. The van der Waals surface area contributed by atoms with Crippen molar-refractivity contribution >= 4 is 28.4 Å². The molecule has 2 heterocycles. The summed E-state index contributed by atoms with van der Waals surface area (Å²) in [6, 6.07) is 9.70. The van der Waals surface area contributed by atoms with Gasteiger partial charge in [-0.3, -0.25) is 9.69 Å². The highest BCUT2D eigenvalue weighted by Crippen LogP contribution is 2.33. The molecular weight excluding hydrogens is 324 g/mol. The summed E-state index contributed by atoms with van der Waals surface area (Å²) in [6.45, 7) is 3.74. The molecule has 1 N–H and O–H groups in total. The van der Waals surface area contributed by atoms with Crippen molar-refractivity contribution in [2.45, 2.75) is 26.4 Å². The minimum Gasteiger partial charge on any atom is -0.338 e. The summed E-state index contributed by atoms with van der Waals surface area (Å²) in [6.07, 6.45) is 0.876. The average Bonchev–Trinajstić information content (AvgIpc) is 3.13. The van der Waals surface area contributed by atoms with Crippen LogP contribution >= 0.6 is 11.3 Å². The van der Waals surface area contributed by atoms with Gasteiger partial charge in [-0.05, 0) is 12.0 Å². The zero-order valence-electron chi connectivity index (χ0n) is 13.8. The molecule has 0 saturated heterocycles. The molecule has 3 amide bonds. The normalized spacial score (nSPS) is 13.1. The first-order valence-electron chi connectivity index (χ1n) is 7.94. The van der Waals surface area contributed by atoms with Crippen molar-refractivity contribution in [2.75, 3.05) is 18.5 Å². The van der Waals surface area contributed by atoms with Gasteiger partial charge in [0.2, 0.25) is 0 Å². The maximum absolute atomic E-state index is 12.5. The second kappa shape index (κ2) is 7.00. The Labute approximate surface area is 145 Å². The van der Waals surface area contributed by atoms with E-state index in [1.54, 1.807) is 11.9 Å². The Morgan fingerprint density at radius 1 is 1.38 bits per heavy atom. The Morgan fingerprint density at radius 2 is 2.12 bits per heavy atom. The third-order valence-corrected chi connectivity index (χ3v) is 4.96. The number of fused-ring (bicyclic) bond motifs is 1. The second-order valence-corrected chi connectivity index (χ2v) is 6.77. The molecule has 6 nitrogen and oxygen atoms in total. The van der Waals surface area contributed by atoms with Crippen molar-refractivity contribution < 1.29 is 9.59 Å². The molecule has 1 aromatic heterocycles. The number of thiazole rings is 1. The molecule has 126 valence electrons. The first-order valence-corrected chi connectivity index (χ1v) is 8.76. The molecule has 1 aliphatic heterocycles. The SMILES string of the molecule is CCCNC(=O)N(C)c1nc2c(s1)CN(Cc1ccccc1)C2=O. The fourth-order valence-corrected chi connectivity index (χ4v) is 3.55. The van der Waals surface area contributed by atoms with E-state index in [1.807, 2.05) is 37.3 Å². The number of nitrogens with zero attached hydrogens (tertiary/aromatic N) is 3. The number of anilines is 1. The number of aromatic nitrogens is 1. The molecule has 0 saturated carbocycles. The van der Waals surface area contributed by atoms with Crippen molar-refractivity contribution in [2.24, 2.45) is 0 Å². The summed E-state index contributed by atoms with van der Waals surface area (Å²) in [5.41, 5.74) is 1.57. The molecule has 0 atom stereocenters. The summed E-state index contributed by atoms with van der Waals surface area (Å²) in [5, 5.41) is 3.36. The fraction of sp³-hybridized carbons (Fsp3) is 0.353. The largest absolute Gasteiger partial charge is 0.338 e. The van der Waals surface area contributed by atoms with Crippen molar-refractivity contribution in [3.63, 3.8) is 0 Å². The van der Waals surface area contributed by atoms with Crippen LogP contribution in [0.25, 0.3) is 0 Å². The molecule has 2 aromatic rings. The highest BCUT2D eigenvalue weighted by Gasteiger charge is 2.33. The Bertz CT molecular complexity index is 744. The molecular formula is C17H20N4O2S. The smallest absolute Gasteiger partial charge is 0.323 e. The van der Waals surface area contributed by atoms with E-state index < -0.39 is 0 Å². The van der Waals surface area contributed by atoms with Crippen LogP contribution in [-0.2, 0) is 13.1 Å². The zero-order chi connectivity index (χ0) is 17.1. The van der Waals surface area contributed by atoms with Gasteiger partial charge in [0, 0.05) is 20.1 Å². The number of rotatable bonds is 5. The van der Waals surface area contributed by atoms with Gasteiger partial charge in [0.15, 0.2) is 5.13 Å². The monoisotopic (exact) mass is 344 g/mol. The van der Waals surface area contributed by atoms with Crippen molar-refractivity contribution in [1.82, 2.24) is 15.2 Å². The van der Waals surface area contributed by atoms with Gasteiger partial charge in [-0.1, -0.05) is 48.6 Å². The summed E-state index contributed by atoms with van der Waals surface area (Å²) >= 11 is 1.40. The lowest BCUT2D eigenvalue weighted by atomic mass is 10.2. The minimum atomic E-state index is -0.196. The molecule has 3 rings (SSSR count). The van der Waals surface area contributed by atoms with Crippen LogP contribution in [0, 0.1) is 0 Å². The Morgan fingerprint density at radius 3 is 2.79 bits per heavy atom. The number of benzene rings is 1. The zero-order valence-corrected chi connectivity index (χ0v) is 14.6. The van der Waals surface area contributed by atoms with E-state index in [1.165, 1.54) is 16.2 Å². The van der Waals surface area contributed by atoms with E-state index in [-0.39, 0.29) is 11.9 Å². The minimum absolute atomic E-state index is 0.0706. The molecule has 0 bridgehead atoms. The third-order valence-electron chi connectivity index (χ3n) is 3.84. The summed E-state index contributed by atoms with van der Waals surface area (Å²) in [5.74, 6) is -0.0706. The lowest BCUT2D eigenvalue weighted by molar-refractivity contribution is 0.0762. The average molecular weight is 344 g/mol. The van der Waals surface area contributed by atoms with E-state index in [4.69, 9.17) is 0 Å². The van der Waals surface area contributed by atoms with Gasteiger partial charge in [-0.2, -0.15) is 0 Å². The number of urea groups is 1. The van der Waals surface area contributed by atoms with Crippen LogP contribution in [0.15, 0.2) is 30.3 Å². The first-order chi connectivity index (χ1) is 11.6. The summed E-state index contributed by atoms with van der Waals surface area (Å²) in [7, 11) is 1.67. The Kier molecular flexibility index (Phi) is 4.80. The second-order valence-electron chi connectivity index (χ2n) is 5.71. The molecule has 1 aromatic carbocycles. The number of hydrogen-bond donors (Lipinski definition) is 1. The summed E-state index contributed by atoms with van der Waals surface area (Å²) in [4.78, 5) is 33.1. The highest BCUT2D eigenvalue weighted by molar-refractivity contribution is 7.16. The van der Waals surface area contributed by atoms with Crippen molar-refractivity contribution in [3.8, 4) is 0 Å². The lowest BCUT2D eigenvalue weighted by Crippen LogP contribution is -2.37. The number of amides is 3. The van der Waals surface area contributed by atoms with Crippen LogP contribution in [0.4, 0.5) is 9.93 Å². The van der Waals surface area contributed by atoms with Gasteiger partial charge in [-0.25, -0.2) is 9.78 Å². The van der Waals surface area contributed by atoms with Gasteiger partial charge in [0.25, 0.3) is 5.91 Å². The molecule has 0 radical (unpaired) electrons. The van der Waals surface area contributed by atoms with Gasteiger partial charge >= 0.3 is 6.03 Å². The Hall–Kier alpha value is -2.41. The molecule has 1 aliphatic rings. The quantitative estimate of drug-likeness (QED) is 0.907. The predicted octanol–water partition coefficient (Wildman–Crippen LogP) is 2.85. The van der Waals surface area contributed by atoms with Crippen LogP contribution in [-0.4, -0.2) is 35.4 Å². The van der Waals surface area contributed by atoms with Crippen LogP contribution < -0.4 is 10.2 Å². The number of carbonyl (C=O) groups is 2. The van der Waals surface area contributed by atoms with Gasteiger partial charge in [0.1, 0.15) is 5.69 Å². The number of nitrogens with one attached hydrogen (secondary N) is 1. The maximum atomic E-state index is 12.5. The van der Waals surface area contributed by atoms with E-state index in [0.29, 0.717) is 30.5 Å². The standard InChI is InChI=1S/C17H20N4O2S/c1-3-9-18-16(23)20(2)17-19-14-13(24-17)11-21(15(14)22)10-12-7-5-4-6-8-12/h4-8H,3,9-11H2,1-2H3,(H,18,23). The van der Waals surface area contributed by atoms with Crippen LogP contribution in [0.3, 0.4) is 0 Å². The molecule has 24 heavy (non-hydrogen) atoms. The van der Waals surface area contributed by atoms with E-state index >= 15 is 0 Å². The van der Waals surface area contributed by atoms with Gasteiger partial charge in [-0.15, -0.1) is 0 Å². The Balaban J connectivity index is 1.69. The van der Waals surface area contributed by atoms with Crippen molar-refractivity contribution in [3.05, 3.63) is 46.5 Å². The summed E-state index contributed by atoms with van der Waals surface area (Å²) < 4.78 is 0. The highest BCUT2D eigenvalue weighted by atomic mass is 32.1. The van der Waals surface area contributed by atoms with E-state index in [9.17, 15) is 9.59 Å². The van der Waals surface area contributed by atoms with Gasteiger partial charge in [0.05, 0.1) is 11.4 Å². The topological polar surface area (TPSA) is 65.5 Å². The molecule has 0 aliphatic carbocycles. The van der Waals surface area contributed by atoms with Crippen molar-refractivity contribution in [1.29, 1.82) is 0 Å². The predicted molar refractivity (Wildman–Crippen MR) is 94.2 cm³/mol. The third kappa shape index (κ3) is 3.26. The first kappa shape index (κ1) is 16.4.